The number of esters is 4. The summed E-state index contributed by atoms with van der Waals surface area (Å²) in [6.07, 6.45) is 5.42. The summed E-state index contributed by atoms with van der Waals surface area (Å²) in [6, 6.07) is 9.59. The molecule has 0 aromatic heterocycles. The van der Waals surface area contributed by atoms with Crippen LogP contribution in [-0.2, 0) is 28.7 Å². The lowest BCUT2D eigenvalue weighted by Crippen LogP contribution is -2.46. The number of fused-ring (bicyclic) bond motifs is 3. The summed E-state index contributed by atoms with van der Waals surface area (Å²) in [5.74, 6) is -9.50. The maximum absolute atomic E-state index is 15.6. The zero-order valence-electron chi connectivity index (χ0n) is 22.8. The van der Waals surface area contributed by atoms with Gasteiger partial charge in [0.15, 0.2) is 11.6 Å². The minimum atomic E-state index is -1.29. The van der Waals surface area contributed by atoms with Gasteiger partial charge in [0.2, 0.25) is 5.82 Å². The second-order valence-corrected chi connectivity index (χ2v) is 11.7. The average molecular weight is 567 g/mol. The van der Waals surface area contributed by atoms with Crippen LogP contribution in [0.1, 0.15) is 92.7 Å². The Kier molecular flexibility index (Phi) is 7.38. The highest BCUT2D eigenvalue weighted by Crippen LogP contribution is 2.52. The van der Waals surface area contributed by atoms with Gasteiger partial charge in [0.05, 0.1) is 18.3 Å². The first kappa shape index (κ1) is 27.5. The van der Waals surface area contributed by atoms with Crippen molar-refractivity contribution in [2.24, 2.45) is 17.8 Å². The molecule has 0 spiro atoms. The first-order valence-corrected chi connectivity index (χ1v) is 14.5. The molecule has 1 saturated carbocycles. The standard InChI is InChI=1S/C32H32F2O7/c1-2-3-6-16-9-11-17(12-10-16)18-13-14-22(28(34)27(18)33)39-29-24(21-15-23(35)40-30(21)36)19-7-4-5-8-20(19)25-26(29)32(38)41-31(25)37/h4-5,7-8,13-14,16-17,21,24-26,29H,2-3,6,9-12,15H2,1H3. The fourth-order valence-corrected chi connectivity index (χ4v) is 7.37. The number of unbranched alkanes of at least 4 members (excludes halogenated alkanes) is 1. The third-order valence-corrected chi connectivity index (χ3v) is 9.41. The summed E-state index contributed by atoms with van der Waals surface area (Å²) in [4.78, 5) is 50.5. The molecule has 0 N–H and O–H groups in total. The topological polar surface area (TPSA) is 96.0 Å². The number of carbonyl (C=O) groups excluding carboxylic acids is 4. The number of halogens is 2. The Morgan fingerprint density at radius 3 is 2.22 bits per heavy atom. The lowest BCUT2D eigenvalue weighted by Gasteiger charge is -2.40. The number of carbonyl (C=O) groups is 4. The van der Waals surface area contributed by atoms with Crippen LogP contribution < -0.4 is 4.74 Å². The summed E-state index contributed by atoms with van der Waals surface area (Å²) in [6.45, 7) is 2.16. The van der Waals surface area contributed by atoms with Crippen molar-refractivity contribution >= 4 is 23.9 Å². The van der Waals surface area contributed by atoms with E-state index in [1.807, 2.05) is 0 Å². The molecule has 9 heteroatoms. The number of benzene rings is 2. The highest BCUT2D eigenvalue weighted by Gasteiger charge is 2.60. The van der Waals surface area contributed by atoms with E-state index in [-0.39, 0.29) is 12.3 Å². The number of cyclic esters (lactones) is 4. The molecule has 4 aliphatic rings. The van der Waals surface area contributed by atoms with Crippen LogP contribution in [-0.4, -0.2) is 30.0 Å². The Balaban J connectivity index is 1.34. The lowest BCUT2D eigenvalue weighted by atomic mass is 9.65. The fourth-order valence-electron chi connectivity index (χ4n) is 7.37. The molecular weight excluding hydrogens is 534 g/mol. The molecule has 2 aliphatic heterocycles. The van der Waals surface area contributed by atoms with Crippen LogP contribution in [0, 0.1) is 29.4 Å². The number of hydrogen-bond donors (Lipinski definition) is 0. The smallest absolute Gasteiger partial charge is 0.322 e. The third kappa shape index (κ3) is 4.83. The fraction of sp³-hybridized carbons (Fsp3) is 0.500. The monoisotopic (exact) mass is 566 g/mol. The van der Waals surface area contributed by atoms with Gasteiger partial charge in [-0.3, -0.25) is 19.2 Å². The molecule has 6 rings (SSSR count). The summed E-state index contributed by atoms with van der Waals surface area (Å²) < 4.78 is 47.0. The van der Waals surface area contributed by atoms with Gasteiger partial charge in [-0.1, -0.05) is 56.5 Å². The van der Waals surface area contributed by atoms with Gasteiger partial charge in [0.1, 0.15) is 12.0 Å². The molecule has 41 heavy (non-hydrogen) atoms. The van der Waals surface area contributed by atoms with Crippen molar-refractivity contribution in [3.8, 4) is 5.75 Å². The van der Waals surface area contributed by atoms with Crippen molar-refractivity contribution < 1.29 is 42.2 Å². The minimum absolute atomic E-state index is 0.100. The Hall–Kier alpha value is -3.62. The summed E-state index contributed by atoms with van der Waals surface area (Å²) in [5, 5.41) is 0. The molecular formula is C32H32F2O7. The van der Waals surface area contributed by atoms with E-state index >= 15 is 8.78 Å². The third-order valence-electron chi connectivity index (χ3n) is 9.41. The Morgan fingerprint density at radius 2 is 1.54 bits per heavy atom. The minimum Gasteiger partial charge on any atom is -0.486 e. The van der Waals surface area contributed by atoms with Crippen LogP contribution in [0.5, 0.6) is 5.75 Å². The van der Waals surface area contributed by atoms with E-state index in [4.69, 9.17) is 14.2 Å². The maximum atomic E-state index is 15.6. The quantitative estimate of drug-likeness (QED) is 0.307. The number of rotatable bonds is 7. The van der Waals surface area contributed by atoms with Crippen LogP contribution in [0.3, 0.4) is 0 Å². The lowest BCUT2D eigenvalue weighted by molar-refractivity contribution is -0.156. The highest BCUT2D eigenvalue weighted by molar-refractivity contribution is 6.01. The molecule has 0 bridgehead atoms. The van der Waals surface area contributed by atoms with Crippen LogP contribution in [0.15, 0.2) is 36.4 Å². The summed E-state index contributed by atoms with van der Waals surface area (Å²) >= 11 is 0. The van der Waals surface area contributed by atoms with Gasteiger partial charge < -0.3 is 14.2 Å². The largest absolute Gasteiger partial charge is 0.486 e. The second-order valence-electron chi connectivity index (χ2n) is 11.7. The van der Waals surface area contributed by atoms with E-state index < -0.39 is 71.0 Å². The molecule has 0 radical (unpaired) electrons. The number of ether oxygens (including phenoxy) is 3. The van der Waals surface area contributed by atoms with Crippen LogP contribution in [0.2, 0.25) is 0 Å². The molecule has 7 nitrogen and oxygen atoms in total. The molecule has 2 heterocycles. The van der Waals surface area contributed by atoms with Gasteiger partial charge >= 0.3 is 23.9 Å². The molecule has 5 atom stereocenters. The first-order chi connectivity index (χ1) is 19.8. The van der Waals surface area contributed by atoms with Crippen LogP contribution in [0.4, 0.5) is 8.78 Å². The van der Waals surface area contributed by atoms with E-state index in [0.29, 0.717) is 22.6 Å². The summed E-state index contributed by atoms with van der Waals surface area (Å²) in [5.41, 5.74) is 1.27. The van der Waals surface area contributed by atoms with E-state index in [1.54, 1.807) is 24.3 Å². The Morgan fingerprint density at radius 1 is 0.805 bits per heavy atom. The number of hydrogen-bond acceptors (Lipinski definition) is 7. The molecule has 0 amide bonds. The van der Waals surface area contributed by atoms with Crippen molar-refractivity contribution in [2.75, 3.05) is 0 Å². The SMILES string of the molecule is CCCCC1CCC(c2ccc(OC3C4C(=O)OC(=O)C4c4ccccc4C3C3CC(=O)OC3=O)c(F)c2F)CC1. The maximum Gasteiger partial charge on any atom is 0.322 e. The van der Waals surface area contributed by atoms with Gasteiger partial charge in [-0.2, -0.15) is 4.39 Å². The second kappa shape index (κ2) is 11.0. The predicted molar refractivity (Wildman–Crippen MR) is 141 cm³/mol. The Labute approximate surface area is 236 Å². The summed E-state index contributed by atoms with van der Waals surface area (Å²) in [7, 11) is 0. The van der Waals surface area contributed by atoms with Crippen molar-refractivity contribution in [3.05, 3.63) is 64.7 Å². The van der Waals surface area contributed by atoms with Gasteiger partial charge in [-0.25, -0.2) is 4.39 Å². The zero-order chi connectivity index (χ0) is 28.8. The predicted octanol–water partition coefficient (Wildman–Crippen LogP) is 5.85. The van der Waals surface area contributed by atoms with Crippen molar-refractivity contribution in [2.45, 2.75) is 82.1 Å². The average Bonchev–Trinajstić information content (AvgIpc) is 3.46. The Bertz CT molecular complexity index is 1400. The van der Waals surface area contributed by atoms with E-state index in [9.17, 15) is 19.2 Å². The van der Waals surface area contributed by atoms with Crippen molar-refractivity contribution in [1.82, 2.24) is 0 Å². The molecule has 216 valence electrons. The first-order valence-electron chi connectivity index (χ1n) is 14.5. The van der Waals surface area contributed by atoms with Gasteiger partial charge in [0, 0.05) is 5.92 Å². The molecule has 2 aromatic rings. The molecule has 2 saturated heterocycles. The molecule has 5 unspecified atom stereocenters. The molecule has 2 aromatic carbocycles. The van der Waals surface area contributed by atoms with Gasteiger partial charge in [-0.15, -0.1) is 0 Å². The molecule has 3 fully saturated rings. The van der Waals surface area contributed by atoms with E-state index in [1.165, 1.54) is 18.6 Å². The van der Waals surface area contributed by atoms with Crippen molar-refractivity contribution in [3.63, 3.8) is 0 Å². The van der Waals surface area contributed by atoms with Crippen molar-refractivity contribution in [1.29, 1.82) is 0 Å². The van der Waals surface area contributed by atoms with E-state index in [2.05, 4.69) is 6.92 Å². The zero-order valence-corrected chi connectivity index (χ0v) is 22.8. The van der Waals surface area contributed by atoms with E-state index in [0.717, 1.165) is 38.5 Å². The van der Waals surface area contributed by atoms with Gasteiger partial charge in [-0.05, 0) is 60.3 Å². The highest BCUT2D eigenvalue weighted by atomic mass is 19.2. The van der Waals surface area contributed by atoms with Gasteiger partial charge in [0.25, 0.3) is 0 Å². The normalized spacial score (nSPS) is 31.0. The van der Waals surface area contributed by atoms with Crippen LogP contribution in [0.25, 0.3) is 0 Å². The van der Waals surface area contributed by atoms with Crippen LogP contribution >= 0.6 is 0 Å². The molecule has 2 aliphatic carbocycles.